The highest BCUT2D eigenvalue weighted by molar-refractivity contribution is 9.10. The maximum Gasteiger partial charge on any atom is 0.0420 e. The Hall–Kier alpha value is -0.410. The van der Waals surface area contributed by atoms with Gasteiger partial charge in [-0.15, -0.1) is 0 Å². The smallest absolute Gasteiger partial charge is 0.0420 e. The fourth-order valence-electron chi connectivity index (χ4n) is 2.71. The molecule has 0 spiro atoms. The minimum Gasteiger partial charge on any atom is -0.314 e. The Kier molecular flexibility index (Phi) is 8.31. The SMILES string of the molecule is CCCC(CCC)C(Cc1ccc(Br)cn1)NCC. The molecule has 1 atom stereocenters. The molecular formula is C16H27BrN2. The van der Waals surface area contributed by atoms with Crippen molar-refractivity contribution >= 4 is 15.9 Å². The molecule has 0 fully saturated rings. The van der Waals surface area contributed by atoms with E-state index in [0.717, 1.165) is 23.4 Å². The zero-order chi connectivity index (χ0) is 14.1. The lowest BCUT2D eigenvalue weighted by atomic mass is 9.87. The first-order valence-electron chi connectivity index (χ1n) is 7.55. The van der Waals surface area contributed by atoms with Gasteiger partial charge in [0, 0.05) is 28.8 Å². The summed E-state index contributed by atoms with van der Waals surface area (Å²) in [5.74, 6) is 0.764. The van der Waals surface area contributed by atoms with Crippen molar-refractivity contribution in [3.8, 4) is 0 Å². The van der Waals surface area contributed by atoms with Gasteiger partial charge in [0.2, 0.25) is 0 Å². The second-order valence-electron chi connectivity index (χ2n) is 5.17. The summed E-state index contributed by atoms with van der Waals surface area (Å²) < 4.78 is 1.05. The van der Waals surface area contributed by atoms with E-state index in [0.29, 0.717) is 6.04 Å². The molecule has 1 rings (SSSR count). The number of nitrogens with zero attached hydrogens (tertiary/aromatic N) is 1. The van der Waals surface area contributed by atoms with Crippen molar-refractivity contribution in [1.29, 1.82) is 0 Å². The van der Waals surface area contributed by atoms with Crippen LogP contribution in [0.25, 0.3) is 0 Å². The van der Waals surface area contributed by atoms with Crippen LogP contribution in [-0.2, 0) is 6.42 Å². The molecule has 0 aromatic carbocycles. The van der Waals surface area contributed by atoms with Gasteiger partial charge in [-0.3, -0.25) is 4.98 Å². The predicted octanol–water partition coefficient (Wildman–Crippen LogP) is 4.58. The topological polar surface area (TPSA) is 24.9 Å². The molecule has 2 nitrogen and oxygen atoms in total. The van der Waals surface area contributed by atoms with Crippen LogP contribution >= 0.6 is 15.9 Å². The number of rotatable bonds is 9. The minimum atomic E-state index is 0.554. The predicted molar refractivity (Wildman–Crippen MR) is 86.4 cm³/mol. The largest absolute Gasteiger partial charge is 0.314 e. The van der Waals surface area contributed by atoms with Gasteiger partial charge in [-0.25, -0.2) is 0 Å². The van der Waals surface area contributed by atoms with Crippen LogP contribution in [0.15, 0.2) is 22.8 Å². The van der Waals surface area contributed by atoms with Crippen molar-refractivity contribution in [3.63, 3.8) is 0 Å². The second-order valence-corrected chi connectivity index (χ2v) is 6.09. The molecule has 108 valence electrons. The van der Waals surface area contributed by atoms with Crippen molar-refractivity contribution in [2.24, 2.45) is 5.92 Å². The Morgan fingerprint density at radius 1 is 1.16 bits per heavy atom. The summed E-state index contributed by atoms with van der Waals surface area (Å²) >= 11 is 3.44. The Bertz CT molecular complexity index is 331. The Morgan fingerprint density at radius 3 is 2.32 bits per heavy atom. The van der Waals surface area contributed by atoms with Crippen molar-refractivity contribution in [2.45, 2.75) is 58.9 Å². The monoisotopic (exact) mass is 326 g/mol. The summed E-state index contributed by atoms with van der Waals surface area (Å²) in [4.78, 5) is 4.52. The van der Waals surface area contributed by atoms with Gasteiger partial charge in [-0.1, -0.05) is 33.6 Å². The third kappa shape index (κ3) is 6.05. The maximum absolute atomic E-state index is 4.52. The zero-order valence-corrected chi connectivity index (χ0v) is 14.0. The zero-order valence-electron chi connectivity index (χ0n) is 12.5. The molecule has 1 aromatic heterocycles. The first kappa shape index (κ1) is 16.6. The molecular weight excluding hydrogens is 300 g/mol. The Labute approximate surface area is 126 Å². The Morgan fingerprint density at radius 2 is 1.84 bits per heavy atom. The molecule has 1 unspecified atom stereocenters. The van der Waals surface area contributed by atoms with Gasteiger partial charge in [0.05, 0.1) is 0 Å². The lowest BCUT2D eigenvalue weighted by molar-refractivity contribution is 0.311. The average Bonchev–Trinajstić information content (AvgIpc) is 2.40. The highest BCUT2D eigenvalue weighted by Crippen LogP contribution is 2.21. The molecule has 0 saturated heterocycles. The van der Waals surface area contributed by atoms with Gasteiger partial charge in [-0.2, -0.15) is 0 Å². The molecule has 19 heavy (non-hydrogen) atoms. The number of halogens is 1. The molecule has 0 amide bonds. The van der Waals surface area contributed by atoms with Crippen molar-refractivity contribution in [1.82, 2.24) is 10.3 Å². The number of aromatic nitrogens is 1. The molecule has 0 bridgehead atoms. The van der Waals surface area contributed by atoms with Crippen LogP contribution < -0.4 is 5.32 Å². The van der Waals surface area contributed by atoms with Crippen molar-refractivity contribution in [2.75, 3.05) is 6.54 Å². The summed E-state index contributed by atoms with van der Waals surface area (Å²) in [5.41, 5.74) is 1.19. The van der Waals surface area contributed by atoms with Crippen LogP contribution in [0.2, 0.25) is 0 Å². The van der Waals surface area contributed by atoms with Gasteiger partial charge in [0.1, 0.15) is 0 Å². The van der Waals surface area contributed by atoms with E-state index in [1.807, 2.05) is 6.20 Å². The van der Waals surface area contributed by atoms with Crippen molar-refractivity contribution < 1.29 is 0 Å². The minimum absolute atomic E-state index is 0.554. The fourth-order valence-corrected chi connectivity index (χ4v) is 2.94. The van der Waals surface area contributed by atoms with Crippen LogP contribution in [0, 0.1) is 5.92 Å². The van der Waals surface area contributed by atoms with E-state index in [2.05, 4.69) is 59.1 Å². The molecule has 0 radical (unpaired) electrons. The third-order valence-electron chi connectivity index (χ3n) is 3.57. The van der Waals surface area contributed by atoms with Gasteiger partial charge in [-0.05, 0) is 53.4 Å². The van der Waals surface area contributed by atoms with Crippen LogP contribution in [-0.4, -0.2) is 17.6 Å². The molecule has 0 aliphatic carbocycles. The number of hydrogen-bond donors (Lipinski definition) is 1. The normalized spacial score (nSPS) is 12.9. The number of pyridine rings is 1. The lowest BCUT2D eigenvalue weighted by Gasteiger charge is -2.27. The molecule has 0 saturated carbocycles. The summed E-state index contributed by atoms with van der Waals surface area (Å²) in [6.07, 6.45) is 8.07. The van der Waals surface area contributed by atoms with Gasteiger partial charge in [0.25, 0.3) is 0 Å². The quantitative estimate of drug-likeness (QED) is 0.718. The number of nitrogens with one attached hydrogen (secondary N) is 1. The lowest BCUT2D eigenvalue weighted by Crippen LogP contribution is -2.38. The van der Waals surface area contributed by atoms with E-state index in [9.17, 15) is 0 Å². The summed E-state index contributed by atoms with van der Waals surface area (Å²) in [6, 6.07) is 4.77. The fraction of sp³-hybridized carbons (Fsp3) is 0.688. The van der Waals surface area contributed by atoms with E-state index >= 15 is 0 Å². The highest BCUT2D eigenvalue weighted by atomic mass is 79.9. The van der Waals surface area contributed by atoms with E-state index in [1.54, 1.807) is 0 Å². The van der Waals surface area contributed by atoms with E-state index in [1.165, 1.54) is 31.4 Å². The van der Waals surface area contributed by atoms with E-state index in [-0.39, 0.29) is 0 Å². The van der Waals surface area contributed by atoms with Gasteiger partial charge >= 0.3 is 0 Å². The van der Waals surface area contributed by atoms with Crippen LogP contribution in [0.5, 0.6) is 0 Å². The number of likely N-dealkylation sites (N-methyl/N-ethyl adjacent to an activating group) is 1. The van der Waals surface area contributed by atoms with Gasteiger partial charge in [0.15, 0.2) is 0 Å². The first-order valence-corrected chi connectivity index (χ1v) is 8.34. The molecule has 1 aromatic rings. The van der Waals surface area contributed by atoms with E-state index in [4.69, 9.17) is 0 Å². The molecule has 0 aliphatic heterocycles. The molecule has 3 heteroatoms. The number of hydrogen-bond acceptors (Lipinski definition) is 2. The first-order chi connectivity index (χ1) is 9.21. The second kappa shape index (κ2) is 9.49. The average molecular weight is 327 g/mol. The third-order valence-corrected chi connectivity index (χ3v) is 4.04. The van der Waals surface area contributed by atoms with E-state index < -0.39 is 0 Å². The van der Waals surface area contributed by atoms with Crippen LogP contribution in [0.3, 0.4) is 0 Å². The molecule has 1 N–H and O–H groups in total. The summed E-state index contributed by atoms with van der Waals surface area (Å²) in [6.45, 7) is 7.79. The Balaban J connectivity index is 2.71. The van der Waals surface area contributed by atoms with Crippen LogP contribution in [0.1, 0.15) is 52.1 Å². The molecule has 0 aliphatic rings. The standard InChI is InChI=1S/C16H27BrN2/c1-4-7-13(8-5-2)16(18-6-3)11-15-10-9-14(17)12-19-15/h9-10,12-13,16,18H,4-8,11H2,1-3H3. The van der Waals surface area contributed by atoms with Crippen molar-refractivity contribution in [3.05, 3.63) is 28.5 Å². The van der Waals surface area contributed by atoms with Gasteiger partial charge < -0.3 is 5.32 Å². The maximum atomic E-state index is 4.52. The summed E-state index contributed by atoms with van der Waals surface area (Å²) in [5, 5.41) is 3.66. The van der Waals surface area contributed by atoms with Crippen LogP contribution in [0.4, 0.5) is 0 Å². The highest BCUT2D eigenvalue weighted by Gasteiger charge is 2.20. The molecule has 1 heterocycles. The summed E-state index contributed by atoms with van der Waals surface area (Å²) in [7, 11) is 0.